The predicted molar refractivity (Wildman–Crippen MR) is 78.5 cm³/mol. The number of halogens is 3. The van der Waals surface area contributed by atoms with Gasteiger partial charge >= 0.3 is 0 Å². The number of hydrogen-bond donors (Lipinski definition) is 2. The number of carbonyl (C=O) groups excluding carboxylic acids is 2. The Labute approximate surface area is 129 Å². The topological polar surface area (TPSA) is 58.2 Å². The van der Waals surface area contributed by atoms with Gasteiger partial charge in [0.15, 0.2) is 0 Å². The van der Waals surface area contributed by atoms with Crippen LogP contribution >= 0.6 is 39.1 Å². The third kappa shape index (κ3) is 3.61. The Kier molecular flexibility index (Phi) is 4.71. The van der Waals surface area contributed by atoms with Crippen LogP contribution < -0.4 is 10.6 Å². The lowest BCUT2D eigenvalue weighted by Crippen LogP contribution is -2.40. The Balaban J connectivity index is 2.09. The first-order valence-electron chi connectivity index (χ1n) is 5.69. The lowest BCUT2D eigenvalue weighted by Gasteiger charge is -2.22. The number of hydrogen-bond acceptors (Lipinski definition) is 2. The average Bonchev–Trinajstić information content (AvgIpc) is 2.34. The molecule has 0 spiro atoms. The zero-order chi connectivity index (χ0) is 14.0. The molecule has 1 unspecified atom stereocenters. The van der Waals surface area contributed by atoms with Crippen molar-refractivity contribution in [3.8, 4) is 0 Å². The number of benzene rings is 1. The zero-order valence-corrected chi connectivity index (χ0v) is 12.9. The molecule has 0 aliphatic carbocycles. The van der Waals surface area contributed by atoms with Crippen molar-refractivity contribution in [1.82, 2.24) is 5.32 Å². The number of carbonyl (C=O) groups is 2. The van der Waals surface area contributed by atoms with E-state index in [0.717, 1.165) is 4.47 Å². The summed E-state index contributed by atoms with van der Waals surface area (Å²) in [5.74, 6) is -0.469. The second-order valence-corrected chi connectivity index (χ2v) is 6.00. The number of piperidine rings is 1. The van der Waals surface area contributed by atoms with E-state index in [9.17, 15) is 9.59 Å². The van der Waals surface area contributed by atoms with E-state index in [1.807, 2.05) is 0 Å². The Morgan fingerprint density at radius 1 is 1.37 bits per heavy atom. The molecule has 7 heteroatoms. The lowest BCUT2D eigenvalue weighted by atomic mass is 9.98. The van der Waals surface area contributed by atoms with E-state index in [4.69, 9.17) is 23.2 Å². The largest absolute Gasteiger partial charge is 0.355 e. The zero-order valence-electron chi connectivity index (χ0n) is 9.80. The van der Waals surface area contributed by atoms with Crippen LogP contribution in [0.2, 0.25) is 10.0 Å². The minimum atomic E-state index is -0.256. The summed E-state index contributed by atoms with van der Waals surface area (Å²) < 4.78 is 0.741. The Morgan fingerprint density at radius 2 is 2.00 bits per heavy atom. The molecule has 1 saturated heterocycles. The molecular weight excluding hydrogens is 355 g/mol. The third-order valence-electron chi connectivity index (χ3n) is 2.89. The van der Waals surface area contributed by atoms with Crippen LogP contribution in [0.5, 0.6) is 0 Å². The molecule has 102 valence electrons. The predicted octanol–water partition coefficient (Wildman–Crippen LogP) is 3.22. The summed E-state index contributed by atoms with van der Waals surface area (Å²) in [7, 11) is 0. The van der Waals surface area contributed by atoms with Crippen molar-refractivity contribution in [2.45, 2.75) is 12.8 Å². The molecule has 0 bridgehead atoms. The van der Waals surface area contributed by atoms with Gasteiger partial charge < -0.3 is 10.6 Å². The van der Waals surface area contributed by atoms with Gasteiger partial charge in [-0.05, 0) is 18.6 Å². The van der Waals surface area contributed by atoms with Crippen molar-refractivity contribution in [3.63, 3.8) is 0 Å². The van der Waals surface area contributed by atoms with Crippen molar-refractivity contribution in [1.29, 1.82) is 0 Å². The van der Waals surface area contributed by atoms with Crippen molar-refractivity contribution in [3.05, 3.63) is 26.7 Å². The molecule has 1 aromatic rings. The van der Waals surface area contributed by atoms with E-state index in [1.54, 1.807) is 12.1 Å². The van der Waals surface area contributed by atoms with Crippen LogP contribution in [-0.4, -0.2) is 18.4 Å². The molecule has 1 fully saturated rings. The maximum absolute atomic E-state index is 12.1. The van der Waals surface area contributed by atoms with E-state index in [0.29, 0.717) is 35.1 Å². The highest BCUT2D eigenvalue weighted by atomic mass is 79.9. The van der Waals surface area contributed by atoms with Crippen LogP contribution in [0.1, 0.15) is 12.8 Å². The molecule has 0 radical (unpaired) electrons. The van der Waals surface area contributed by atoms with Crippen LogP contribution in [0.15, 0.2) is 16.6 Å². The summed E-state index contributed by atoms with van der Waals surface area (Å²) in [6.45, 7) is 0.344. The molecular formula is C12H11BrCl2N2O2. The molecule has 4 nitrogen and oxygen atoms in total. The maximum Gasteiger partial charge on any atom is 0.229 e. The van der Waals surface area contributed by atoms with Gasteiger partial charge in [0.05, 0.1) is 21.7 Å². The normalized spacial score (nSPS) is 18.9. The highest BCUT2D eigenvalue weighted by Crippen LogP contribution is 2.34. The molecule has 0 saturated carbocycles. The van der Waals surface area contributed by atoms with Crippen LogP contribution in [0.25, 0.3) is 0 Å². The average molecular weight is 366 g/mol. The Morgan fingerprint density at radius 3 is 2.53 bits per heavy atom. The van der Waals surface area contributed by atoms with Gasteiger partial charge in [-0.3, -0.25) is 9.59 Å². The summed E-state index contributed by atoms with van der Waals surface area (Å²) in [6.07, 6.45) is 0.892. The molecule has 1 aliphatic rings. The summed E-state index contributed by atoms with van der Waals surface area (Å²) in [5.41, 5.74) is 0.397. The molecule has 2 amide bonds. The van der Waals surface area contributed by atoms with E-state index in [1.165, 1.54) is 0 Å². The van der Waals surface area contributed by atoms with Gasteiger partial charge in [0, 0.05) is 17.4 Å². The maximum atomic E-state index is 12.1. The highest BCUT2D eigenvalue weighted by molar-refractivity contribution is 9.10. The summed E-state index contributed by atoms with van der Waals surface area (Å²) in [6, 6.07) is 3.32. The van der Waals surface area contributed by atoms with Crippen molar-refractivity contribution < 1.29 is 9.59 Å². The van der Waals surface area contributed by atoms with E-state index >= 15 is 0 Å². The monoisotopic (exact) mass is 364 g/mol. The summed E-state index contributed by atoms with van der Waals surface area (Å²) in [4.78, 5) is 23.1. The van der Waals surface area contributed by atoms with Crippen LogP contribution in [-0.2, 0) is 9.59 Å². The van der Waals surface area contributed by atoms with Gasteiger partial charge in [0.2, 0.25) is 11.8 Å². The number of amides is 2. The van der Waals surface area contributed by atoms with Gasteiger partial charge in [0.25, 0.3) is 0 Å². The number of nitrogens with one attached hydrogen (secondary N) is 2. The van der Waals surface area contributed by atoms with Gasteiger partial charge in [-0.25, -0.2) is 0 Å². The molecule has 19 heavy (non-hydrogen) atoms. The minimum absolute atomic E-state index is 0.0243. The molecule has 1 atom stereocenters. The third-order valence-corrected chi connectivity index (χ3v) is 3.95. The van der Waals surface area contributed by atoms with E-state index in [2.05, 4.69) is 26.6 Å². The van der Waals surface area contributed by atoms with Crippen LogP contribution in [0, 0.1) is 5.92 Å². The fourth-order valence-corrected chi connectivity index (χ4v) is 3.15. The fourth-order valence-electron chi connectivity index (χ4n) is 1.84. The van der Waals surface area contributed by atoms with Gasteiger partial charge in [-0.2, -0.15) is 0 Å². The second kappa shape index (κ2) is 6.11. The molecule has 2 N–H and O–H groups in total. The lowest BCUT2D eigenvalue weighted by molar-refractivity contribution is -0.126. The molecule has 2 rings (SSSR count). The first-order chi connectivity index (χ1) is 8.97. The van der Waals surface area contributed by atoms with E-state index in [-0.39, 0.29) is 17.7 Å². The second-order valence-electron chi connectivity index (χ2n) is 4.27. The number of rotatable bonds is 2. The van der Waals surface area contributed by atoms with E-state index < -0.39 is 0 Å². The van der Waals surface area contributed by atoms with Crippen molar-refractivity contribution >= 4 is 56.6 Å². The van der Waals surface area contributed by atoms with Crippen LogP contribution in [0.3, 0.4) is 0 Å². The smallest absolute Gasteiger partial charge is 0.229 e. The van der Waals surface area contributed by atoms with Crippen LogP contribution in [0.4, 0.5) is 5.69 Å². The van der Waals surface area contributed by atoms with Gasteiger partial charge in [0.1, 0.15) is 0 Å². The quantitative estimate of drug-likeness (QED) is 0.845. The molecule has 1 aromatic carbocycles. The molecule has 0 aromatic heterocycles. The molecule has 1 aliphatic heterocycles. The summed E-state index contributed by atoms with van der Waals surface area (Å²) in [5, 5.41) is 6.12. The SMILES string of the molecule is O=C1CCC(C(=O)Nc2c(Cl)cc(Br)cc2Cl)CN1. The number of anilines is 1. The standard InChI is InChI=1S/C12H11BrCl2N2O2/c13-7-3-8(14)11(9(15)4-7)17-12(19)6-1-2-10(18)16-5-6/h3-4,6H,1-2,5H2,(H,16,18)(H,17,19). The fraction of sp³-hybridized carbons (Fsp3) is 0.333. The van der Waals surface area contributed by atoms with Gasteiger partial charge in [-0.1, -0.05) is 39.1 Å². The minimum Gasteiger partial charge on any atom is -0.355 e. The van der Waals surface area contributed by atoms with Crippen molar-refractivity contribution in [2.24, 2.45) is 5.92 Å². The molecule has 1 heterocycles. The summed E-state index contributed by atoms with van der Waals surface area (Å²) >= 11 is 15.4. The van der Waals surface area contributed by atoms with Crippen molar-refractivity contribution in [2.75, 3.05) is 11.9 Å². The first-order valence-corrected chi connectivity index (χ1v) is 7.24. The Hall–Kier alpha value is -0.780. The Bertz CT molecular complexity index is 503. The van der Waals surface area contributed by atoms with Gasteiger partial charge in [-0.15, -0.1) is 0 Å². The first kappa shape index (κ1) is 14.6. The highest BCUT2D eigenvalue weighted by Gasteiger charge is 2.25.